The highest BCUT2D eigenvalue weighted by molar-refractivity contribution is 6.30. The number of ether oxygens (including phenoxy) is 2. The minimum absolute atomic E-state index is 0.0911. The van der Waals surface area contributed by atoms with Gasteiger partial charge >= 0.3 is 0 Å². The zero-order valence-electron chi connectivity index (χ0n) is 16.5. The van der Waals surface area contributed by atoms with Gasteiger partial charge in [-0.05, 0) is 43.4 Å². The average molecular weight is 407 g/mol. The second-order valence-electron chi connectivity index (χ2n) is 8.38. The molecule has 3 fully saturated rings. The lowest BCUT2D eigenvalue weighted by molar-refractivity contribution is -0.135. The van der Waals surface area contributed by atoms with Gasteiger partial charge in [-0.1, -0.05) is 36.6 Å². The van der Waals surface area contributed by atoms with E-state index in [2.05, 4.69) is 22.3 Å². The Hall–Kier alpha value is -1.14. The highest BCUT2D eigenvalue weighted by Gasteiger charge is 2.38. The molecular weight excluding hydrogens is 376 g/mol. The van der Waals surface area contributed by atoms with Gasteiger partial charge in [-0.3, -0.25) is 9.69 Å². The van der Waals surface area contributed by atoms with E-state index in [9.17, 15) is 4.79 Å². The van der Waals surface area contributed by atoms with Crippen LogP contribution in [-0.2, 0) is 19.7 Å². The Balaban J connectivity index is 1.45. The number of nitrogens with zero attached hydrogens (tertiary/aromatic N) is 1. The Labute approximate surface area is 172 Å². The van der Waals surface area contributed by atoms with Gasteiger partial charge in [0.05, 0.1) is 13.2 Å². The summed E-state index contributed by atoms with van der Waals surface area (Å²) in [7, 11) is 0. The Morgan fingerprint density at radius 1 is 1.11 bits per heavy atom. The van der Waals surface area contributed by atoms with Crippen LogP contribution in [0.3, 0.4) is 0 Å². The highest BCUT2D eigenvalue weighted by Crippen LogP contribution is 2.35. The van der Waals surface area contributed by atoms with Gasteiger partial charge in [0.2, 0.25) is 5.91 Å². The highest BCUT2D eigenvalue weighted by atomic mass is 35.5. The Kier molecular flexibility index (Phi) is 6.56. The summed E-state index contributed by atoms with van der Waals surface area (Å²) in [5, 5.41) is 4.02. The molecule has 1 unspecified atom stereocenters. The minimum atomic E-state index is -0.168. The lowest BCUT2D eigenvalue weighted by Gasteiger charge is -2.41. The normalized spacial score (nSPS) is 26.2. The molecule has 1 atom stereocenters. The van der Waals surface area contributed by atoms with Crippen molar-refractivity contribution in [2.45, 2.75) is 56.0 Å². The maximum atomic E-state index is 13.2. The fraction of sp³-hybridized carbons (Fsp3) is 0.682. The first kappa shape index (κ1) is 20.1. The predicted octanol–water partition coefficient (Wildman–Crippen LogP) is 3.15. The molecule has 0 radical (unpaired) electrons. The first-order valence-electron chi connectivity index (χ1n) is 10.6. The van der Waals surface area contributed by atoms with Gasteiger partial charge in [0.25, 0.3) is 0 Å². The van der Waals surface area contributed by atoms with Crippen molar-refractivity contribution in [3.8, 4) is 0 Å². The molecular formula is C22H31ClN2O3. The summed E-state index contributed by atoms with van der Waals surface area (Å²) in [6.07, 6.45) is 6.77. The zero-order chi connectivity index (χ0) is 19.4. The van der Waals surface area contributed by atoms with E-state index in [-0.39, 0.29) is 17.4 Å². The summed E-state index contributed by atoms with van der Waals surface area (Å²) in [4.78, 5) is 15.5. The number of hydrogen-bond donors (Lipinski definition) is 1. The Bertz CT molecular complexity index is 654. The first-order valence-corrected chi connectivity index (χ1v) is 11.0. The number of nitrogens with one attached hydrogen (secondary N) is 1. The molecule has 4 rings (SSSR count). The number of halogens is 1. The van der Waals surface area contributed by atoms with Crippen LogP contribution in [0.2, 0.25) is 5.02 Å². The standard InChI is InChI=1S/C22H31ClN2O3/c23-18-7-5-17(6-8-18)22(9-12-27-13-10-22)16-24-21(26)20-15-28-14-11-25(20)19-3-1-2-4-19/h5-8,19-20H,1-4,9-16H2,(H,24,26). The van der Waals surface area contributed by atoms with Gasteiger partial charge in [-0.25, -0.2) is 0 Å². The lowest BCUT2D eigenvalue weighted by atomic mass is 9.74. The van der Waals surface area contributed by atoms with E-state index in [1.54, 1.807) is 0 Å². The van der Waals surface area contributed by atoms with E-state index in [4.69, 9.17) is 21.1 Å². The van der Waals surface area contributed by atoms with E-state index in [0.717, 1.165) is 44.2 Å². The molecule has 2 heterocycles. The summed E-state index contributed by atoms with van der Waals surface area (Å²) in [5.74, 6) is 0.103. The molecule has 1 N–H and O–H groups in total. The molecule has 1 aromatic carbocycles. The van der Waals surface area contributed by atoms with Crippen molar-refractivity contribution in [1.29, 1.82) is 0 Å². The minimum Gasteiger partial charge on any atom is -0.381 e. The summed E-state index contributed by atoms with van der Waals surface area (Å²) in [5.41, 5.74) is 1.14. The maximum Gasteiger partial charge on any atom is 0.239 e. The molecule has 1 amide bonds. The van der Waals surface area contributed by atoms with Crippen LogP contribution in [0.1, 0.15) is 44.1 Å². The van der Waals surface area contributed by atoms with E-state index >= 15 is 0 Å². The quantitative estimate of drug-likeness (QED) is 0.816. The number of amides is 1. The van der Waals surface area contributed by atoms with Crippen molar-refractivity contribution in [3.05, 3.63) is 34.9 Å². The summed E-state index contributed by atoms with van der Waals surface area (Å²) < 4.78 is 11.3. The third-order valence-corrected chi connectivity index (χ3v) is 7.03. The van der Waals surface area contributed by atoms with Crippen LogP contribution in [-0.4, -0.2) is 62.4 Å². The van der Waals surface area contributed by atoms with E-state index < -0.39 is 0 Å². The Morgan fingerprint density at radius 2 is 1.82 bits per heavy atom. The summed E-state index contributed by atoms with van der Waals surface area (Å²) in [6.45, 7) is 4.16. The molecule has 0 aromatic heterocycles. The average Bonchev–Trinajstić information content (AvgIpc) is 3.28. The SMILES string of the molecule is O=C(NCC1(c2ccc(Cl)cc2)CCOCC1)C1COCCN1C1CCCC1. The second-order valence-corrected chi connectivity index (χ2v) is 8.82. The number of carbonyl (C=O) groups is 1. The van der Waals surface area contributed by atoms with Gasteiger partial charge in [0.1, 0.15) is 6.04 Å². The van der Waals surface area contributed by atoms with E-state index in [0.29, 0.717) is 19.2 Å². The van der Waals surface area contributed by atoms with Crippen molar-refractivity contribution in [2.75, 3.05) is 39.5 Å². The smallest absolute Gasteiger partial charge is 0.239 e. The fourth-order valence-electron chi connectivity index (χ4n) is 5.02. The Morgan fingerprint density at radius 3 is 2.54 bits per heavy atom. The van der Waals surface area contributed by atoms with Gasteiger partial charge < -0.3 is 14.8 Å². The molecule has 154 valence electrons. The summed E-state index contributed by atoms with van der Waals surface area (Å²) >= 11 is 6.09. The topological polar surface area (TPSA) is 50.8 Å². The zero-order valence-corrected chi connectivity index (χ0v) is 17.3. The largest absolute Gasteiger partial charge is 0.381 e. The van der Waals surface area contributed by atoms with Gasteiger partial charge in [0, 0.05) is 42.8 Å². The summed E-state index contributed by atoms with van der Waals surface area (Å²) in [6, 6.07) is 8.43. The van der Waals surface area contributed by atoms with Crippen molar-refractivity contribution >= 4 is 17.5 Å². The molecule has 1 aliphatic carbocycles. The molecule has 2 aliphatic heterocycles. The predicted molar refractivity (Wildman–Crippen MR) is 110 cm³/mol. The number of morpholine rings is 1. The third-order valence-electron chi connectivity index (χ3n) is 6.77. The van der Waals surface area contributed by atoms with Crippen LogP contribution in [0.4, 0.5) is 0 Å². The first-order chi connectivity index (χ1) is 13.7. The molecule has 3 aliphatic rings. The molecule has 5 nitrogen and oxygen atoms in total. The van der Waals surface area contributed by atoms with Crippen molar-refractivity contribution in [2.24, 2.45) is 0 Å². The number of carbonyl (C=O) groups excluding carboxylic acids is 1. The second kappa shape index (κ2) is 9.12. The van der Waals surface area contributed by atoms with Crippen LogP contribution in [0.5, 0.6) is 0 Å². The maximum absolute atomic E-state index is 13.2. The lowest BCUT2D eigenvalue weighted by Crippen LogP contribution is -2.58. The number of hydrogen-bond acceptors (Lipinski definition) is 4. The van der Waals surface area contributed by atoms with Crippen molar-refractivity contribution in [1.82, 2.24) is 10.2 Å². The van der Waals surface area contributed by atoms with Crippen LogP contribution < -0.4 is 5.32 Å². The molecule has 2 saturated heterocycles. The van der Waals surface area contributed by atoms with Crippen molar-refractivity contribution in [3.63, 3.8) is 0 Å². The molecule has 0 spiro atoms. The van der Waals surface area contributed by atoms with Crippen LogP contribution >= 0.6 is 11.6 Å². The number of benzene rings is 1. The van der Waals surface area contributed by atoms with Gasteiger partial charge in [-0.15, -0.1) is 0 Å². The number of rotatable bonds is 5. The van der Waals surface area contributed by atoms with Gasteiger partial charge in [-0.2, -0.15) is 0 Å². The van der Waals surface area contributed by atoms with Crippen molar-refractivity contribution < 1.29 is 14.3 Å². The van der Waals surface area contributed by atoms with E-state index in [1.807, 2.05) is 12.1 Å². The van der Waals surface area contributed by atoms with Gasteiger partial charge in [0.15, 0.2) is 0 Å². The van der Waals surface area contributed by atoms with E-state index in [1.165, 1.54) is 31.2 Å². The molecule has 0 bridgehead atoms. The monoisotopic (exact) mass is 406 g/mol. The third kappa shape index (κ3) is 4.38. The van der Waals surface area contributed by atoms with Crippen LogP contribution in [0.25, 0.3) is 0 Å². The molecule has 1 aromatic rings. The molecule has 28 heavy (non-hydrogen) atoms. The van der Waals surface area contributed by atoms with Crippen LogP contribution in [0.15, 0.2) is 24.3 Å². The fourth-order valence-corrected chi connectivity index (χ4v) is 5.15. The molecule has 1 saturated carbocycles. The van der Waals surface area contributed by atoms with Crippen LogP contribution in [0, 0.1) is 0 Å². The molecule has 6 heteroatoms.